The molecule has 0 fully saturated rings. The Kier molecular flexibility index (Phi) is 5.55. The van der Waals surface area contributed by atoms with E-state index in [2.05, 4.69) is 29.9 Å². The lowest BCUT2D eigenvalue weighted by molar-refractivity contribution is 0.440. The topological polar surface area (TPSA) is 9.86 Å². The van der Waals surface area contributed by atoms with Gasteiger partial charge in [0.1, 0.15) is 0 Å². The second-order valence-electron chi connectivity index (χ2n) is 11.8. The fourth-order valence-electron chi connectivity index (χ4n) is 8.35. The number of hydrogen-bond acceptors (Lipinski definition) is 0. The predicted octanol–water partition coefficient (Wildman–Crippen LogP) is 7.58. The minimum atomic E-state index is 0.617. The van der Waals surface area contributed by atoms with Crippen molar-refractivity contribution in [1.29, 1.82) is 0 Å². The van der Waals surface area contributed by atoms with Gasteiger partial charge in [0.25, 0.3) is 0 Å². The predicted molar refractivity (Wildman–Crippen MR) is 134 cm³/mol. The molecule has 1 aliphatic heterocycles. The summed E-state index contributed by atoms with van der Waals surface area (Å²) in [5.41, 5.74) is 14.2. The molecule has 0 spiro atoms. The number of hydrogen-bond donors (Lipinski definition) is 0. The van der Waals surface area contributed by atoms with Gasteiger partial charge in [-0.2, -0.15) is 0 Å². The Bertz CT molecular complexity index is 968. The van der Waals surface area contributed by atoms with Gasteiger partial charge >= 0.3 is 0 Å². The standard InChI is InChI=1S/C30H44N2/c1-20(2)32-27-16-7-6-14-25(27)29-22(11-10-17-28(29)32)19-21(3)30-24-13-5-4-12-23(24)26-15-8-9-18-31(26)30/h20-22H,4-19H2,1-3H3. The van der Waals surface area contributed by atoms with Crippen LogP contribution in [-0.4, -0.2) is 9.13 Å². The number of rotatable bonds is 4. The van der Waals surface area contributed by atoms with Crippen molar-refractivity contribution in [3.63, 3.8) is 0 Å². The van der Waals surface area contributed by atoms with E-state index in [0.29, 0.717) is 12.0 Å². The molecule has 0 aromatic carbocycles. The van der Waals surface area contributed by atoms with E-state index in [1.54, 1.807) is 39.5 Å². The van der Waals surface area contributed by atoms with E-state index < -0.39 is 0 Å². The normalized spacial score (nSPS) is 23.4. The van der Waals surface area contributed by atoms with E-state index in [0.717, 1.165) is 5.92 Å². The summed E-state index contributed by atoms with van der Waals surface area (Å²) in [6.45, 7) is 8.71. The summed E-state index contributed by atoms with van der Waals surface area (Å²) < 4.78 is 5.63. The van der Waals surface area contributed by atoms with Crippen molar-refractivity contribution in [3.05, 3.63) is 45.0 Å². The smallest absolute Gasteiger partial charge is 0.0279 e. The second kappa shape index (κ2) is 8.41. The molecule has 0 N–H and O–H groups in total. The zero-order chi connectivity index (χ0) is 21.8. The second-order valence-corrected chi connectivity index (χ2v) is 11.8. The van der Waals surface area contributed by atoms with Crippen LogP contribution in [0.5, 0.6) is 0 Å². The zero-order valence-corrected chi connectivity index (χ0v) is 20.9. The van der Waals surface area contributed by atoms with Gasteiger partial charge in [-0.15, -0.1) is 0 Å². The van der Waals surface area contributed by atoms with Crippen molar-refractivity contribution in [2.24, 2.45) is 0 Å². The first-order valence-corrected chi connectivity index (χ1v) is 14.1. The highest BCUT2D eigenvalue weighted by molar-refractivity contribution is 5.46. The molecule has 0 amide bonds. The fraction of sp³-hybridized carbons (Fsp3) is 0.733. The molecule has 2 heteroatoms. The SMILES string of the molecule is CC(CC1CCCc2c1c1c(n2C(C)C)CCCC1)c1c2c(c3n1CCCC3)CCCC2. The summed E-state index contributed by atoms with van der Waals surface area (Å²) in [4.78, 5) is 0. The summed E-state index contributed by atoms with van der Waals surface area (Å²) in [5, 5.41) is 0. The van der Waals surface area contributed by atoms with Crippen LogP contribution in [0.4, 0.5) is 0 Å². The summed E-state index contributed by atoms with van der Waals surface area (Å²) in [7, 11) is 0. The lowest BCUT2D eigenvalue weighted by Gasteiger charge is -2.30. The van der Waals surface area contributed by atoms with Gasteiger partial charge < -0.3 is 9.13 Å². The first-order chi connectivity index (χ1) is 15.6. The third-order valence-corrected chi connectivity index (χ3v) is 9.44. The molecule has 174 valence electrons. The van der Waals surface area contributed by atoms with Gasteiger partial charge in [0.2, 0.25) is 0 Å². The van der Waals surface area contributed by atoms with Crippen LogP contribution in [0.3, 0.4) is 0 Å². The van der Waals surface area contributed by atoms with Crippen molar-refractivity contribution in [2.75, 3.05) is 0 Å². The van der Waals surface area contributed by atoms with Crippen LogP contribution in [0, 0.1) is 0 Å². The van der Waals surface area contributed by atoms with Crippen LogP contribution in [0.15, 0.2) is 0 Å². The highest BCUT2D eigenvalue weighted by atomic mass is 15.0. The lowest BCUT2D eigenvalue weighted by Crippen LogP contribution is -2.18. The molecule has 2 unspecified atom stereocenters. The molecule has 6 rings (SSSR count). The molecule has 0 saturated heterocycles. The quantitative estimate of drug-likeness (QED) is 0.471. The third kappa shape index (κ3) is 3.26. The van der Waals surface area contributed by atoms with E-state index in [1.807, 2.05) is 5.56 Å². The Labute approximate surface area is 195 Å². The van der Waals surface area contributed by atoms with Crippen LogP contribution in [-0.2, 0) is 45.1 Å². The van der Waals surface area contributed by atoms with Crippen LogP contribution in [0.1, 0.15) is 141 Å². The number of nitrogens with zero attached hydrogens (tertiary/aromatic N) is 2. The van der Waals surface area contributed by atoms with Gasteiger partial charge in [-0.3, -0.25) is 0 Å². The molecule has 2 aromatic heterocycles. The number of fused-ring (bicyclic) bond motifs is 6. The van der Waals surface area contributed by atoms with Gasteiger partial charge in [-0.1, -0.05) is 6.92 Å². The molecule has 32 heavy (non-hydrogen) atoms. The summed E-state index contributed by atoms with van der Waals surface area (Å²) >= 11 is 0. The highest BCUT2D eigenvalue weighted by Crippen LogP contribution is 2.47. The lowest BCUT2D eigenvalue weighted by atomic mass is 9.76. The molecule has 0 radical (unpaired) electrons. The van der Waals surface area contributed by atoms with Gasteiger partial charge in [-0.25, -0.2) is 0 Å². The van der Waals surface area contributed by atoms with Crippen molar-refractivity contribution >= 4 is 0 Å². The monoisotopic (exact) mass is 432 g/mol. The van der Waals surface area contributed by atoms with E-state index in [-0.39, 0.29) is 0 Å². The highest BCUT2D eigenvalue weighted by Gasteiger charge is 2.35. The van der Waals surface area contributed by atoms with Crippen molar-refractivity contribution in [1.82, 2.24) is 9.13 Å². The molecule has 4 aliphatic rings. The average Bonchev–Trinajstić information content (AvgIpc) is 3.33. The molecular formula is C30H44N2. The van der Waals surface area contributed by atoms with Gasteiger partial charge in [-0.05, 0) is 144 Å². The largest absolute Gasteiger partial charge is 0.348 e. The van der Waals surface area contributed by atoms with E-state index >= 15 is 0 Å². The van der Waals surface area contributed by atoms with Crippen molar-refractivity contribution in [2.45, 2.75) is 142 Å². The van der Waals surface area contributed by atoms with E-state index in [9.17, 15) is 0 Å². The third-order valence-electron chi connectivity index (χ3n) is 9.44. The van der Waals surface area contributed by atoms with E-state index in [4.69, 9.17) is 0 Å². The summed E-state index contributed by atoms with van der Waals surface area (Å²) in [5.74, 6) is 1.49. The molecule has 0 saturated carbocycles. The van der Waals surface area contributed by atoms with Crippen molar-refractivity contribution in [3.8, 4) is 0 Å². The molecule has 3 aliphatic carbocycles. The van der Waals surface area contributed by atoms with Crippen LogP contribution >= 0.6 is 0 Å². The molecule has 2 atom stereocenters. The number of aromatic nitrogens is 2. The van der Waals surface area contributed by atoms with Crippen LogP contribution in [0.25, 0.3) is 0 Å². The minimum Gasteiger partial charge on any atom is -0.348 e. The molecule has 2 aromatic rings. The maximum atomic E-state index is 2.84. The first-order valence-electron chi connectivity index (χ1n) is 14.1. The summed E-state index contributed by atoms with van der Waals surface area (Å²) in [6, 6.07) is 0.617. The minimum absolute atomic E-state index is 0.617. The molecular weight excluding hydrogens is 388 g/mol. The van der Waals surface area contributed by atoms with Gasteiger partial charge in [0.15, 0.2) is 0 Å². The van der Waals surface area contributed by atoms with E-state index in [1.165, 1.54) is 103 Å². The maximum absolute atomic E-state index is 2.84. The van der Waals surface area contributed by atoms with Crippen LogP contribution in [0.2, 0.25) is 0 Å². The zero-order valence-electron chi connectivity index (χ0n) is 20.9. The molecule has 2 nitrogen and oxygen atoms in total. The fourth-order valence-corrected chi connectivity index (χ4v) is 8.35. The summed E-state index contributed by atoms with van der Waals surface area (Å²) in [6.07, 6.45) is 20.6. The Morgan fingerprint density at radius 1 is 0.688 bits per heavy atom. The first kappa shape index (κ1) is 21.1. The van der Waals surface area contributed by atoms with Crippen LogP contribution < -0.4 is 0 Å². The Balaban J connectivity index is 1.38. The van der Waals surface area contributed by atoms with Crippen molar-refractivity contribution < 1.29 is 0 Å². The van der Waals surface area contributed by atoms with Gasteiger partial charge in [0, 0.05) is 35.4 Å². The molecule has 0 bridgehead atoms. The average molecular weight is 433 g/mol. The molecule has 3 heterocycles. The Hall–Kier alpha value is -1.44. The Morgan fingerprint density at radius 2 is 1.34 bits per heavy atom. The van der Waals surface area contributed by atoms with Gasteiger partial charge in [0.05, 0.1) is 0 Å². The Morgan fingerprint density at radius 3 is 2.16 bits per heavy atom. The maximum Gasteiger partial charge on any atom is 0.0279 e.